The van der Waals surface area contributed by atoms with E-state index < -0.39 is 0 Å². The highest BCUT2D eigenvalue weighted by atomic mass is 16.5. The Morgan fingerprint density at radius 1 is 1.50 bits per heavy atom. The molecular weight excluding hydrogens is 150 g/mol. The minimum Gasteiger partial charge on any atom is -0.496 e. The maximum Gasteiger partial charge on any atom is 0.122 e. The summed E-state index contributed by atoms with van der Waals surface area (Å²) >= 11 is 0. The molecule has 0 amide bonds. The average Bonchev–Trinajstić information content (AvgIpc) is 2.55. The number of hydrogen-bond donors (Lipinski definition) is 1. The minimum atomic E-state index is 0.210. The van der Waals surface area contributed by atoms with Crippen molar-refractivity contribution in [2.24, 2.45) is 5.41 Å². The van der Waals surface area contributed by atoms with Gasteiger partial charge in [0.05, 0.1) is 6.26 Å². The Balaban J connectivity index is 2.04. The van der Waals surface area contributed by atoms with Crippen molar-refractivity contribution in [3.05, 3.63) is 12.3 Å². The van der Waals surface area contributed by atoms with Crippen LogP contribution in [0.5, 0.6) is 0 Å². The van der Waals surface area contributed by atoms with Crippen LogP contribution in [0.4, 0.5) is 0 Å². The van der Waals surface area contributed by atoms with Gasteiger partial charge in [0.2, 0.25) is 0 Å². The molecule has 12 heavy (non-hydrogen) atoms. The van der Waals surface area contributed by atoms with E-state index in [-0.39, 0.29) is 5.41 Å². The first-order chi connectivity index (χ1) is 5.70. The molecule has 2 heteroatoms. The Kier molecular flexibility index (Phi) is 1.87. The zero-order valence-corrected chi connectivity index (χ0v) is 7.84. The van der Waals surface area contributed by atoms with Crippen LogP contribution in [0.1, 0.15) is 26.7 Å². The molecule has 2 heterocycles. The monoisotopic (exact) mass is 167 g/mol. The van der Waals surface area contributed by atoms with Gasteiger partial charge in [-0.05, 0) is 25.5 Å². The fraction of sp³-hybridized carbons (Fsp3) is 0.800. The van der Waals surface area contributed by atoms with Crippen molar-refractivity contribution in [3.8, 4) is 0 Å². The first-order valence-corrected chi connectivity index (χ1v) is 4.77. The summed E-state index contributed by atoms with van der Waals surface area (Å²) in [5.41, 5.74) is 0.210. The van der Waals surface area contributed by atoms with Crippen LogP contribution in [0.3, 0.4) is 0 Å². The molecule has 1 fully saturated rings. The summed E-state index contributed by atoms with van der Waals surface area (Å²) in [6, 6.07) is 0.565. The molecule has 0 aromatic carbocycles. The third kappa shape index (κ3) is 1.24. The van der Waals surface area contributed by atoms with Gasteiger partial charge in [-0.1, -0.05) is 13.8 Å². The van der Waals surface area contributed by atoms with E-state index in [2.05, 4.69) is 25.2 Å². The standard InChI is InChI=1S/C10H17NO/c1-10(2)5-7-12-9(10)8-4-3-6-11-8/h5,7-9,11H,3-4,6H2,1-2H3. The molecule has 1 saturated heterocycles. The smallest absolute Gasteiger partial charge is 0.122 e. The second kappa shape index (κ2) is 2.77. The molecule has 2 unspecified atom stereocenters. The number of ether oxygens (including phenoxy) is 1. The molecule has 1 N–H and O–H groups in total. The maximum atomic E-state index is 5.61. The second-order valence-electron chi connectivity index (χ2n) is 4.38. The largest absolute Gasteiger partial charge is 0.496 e. The van der Waals surface area contributed by atoms with E-state index in [9.17, 15) is 0 Å². The Labute approximate surface area is 74.0 Å². The molecule has 0 spiro atoms. The molecule has 0 aromatic rings. The van der Waals surface area contributed by atoms with Crippen molar-refractivity contribution in [2.45, 2.75) is 38.8 Å². The van der Waals surface area contributed by atoms with Crippen LogP contribution in [0.15, 0.2) is 12.3 Å². The summed E-state index contributed by atoms with van der Waals surface area (Å²) in [7, 11) is 0. The van der Waals surface area contributed by atoms with Gasteiger partial charge < -0.3 is 10.1 Å². The first kappa shape index (κ1) is 8.11. The Hall–Kier alpha value is -0.500. The van der Waals surface area contributed by atoms with Gasteiger partial charge in [0.1, 0.15) is 6.10 Å². The molecule has 0 aliphatic carbocycles. The van der Waals surface area contributed by atoms with E-state index in [4.69, 9.17) is 4.74 Å². The van der Waals surface area contributed by atoms with Gasteiger partial charge in [-0.15, -0.1) is 0 Å². The Morgan fingerprint density at radius 3 is 2.83 bits per heavy atom. The van der Waals surface area contributed by atoms with Crippen LogP contribution in [0, 0.1) is 5.41 Å². The Morgan fingerprint density at radius 2 is 2.33 bits per heavy atom. The predicted octanol–water partition coefficient (Wildman–Crippen LogP) is 1.68. The van der Waals surface area contributed by atoms with Gasteiger partial charge in [-0.25, -0.2) is 0 Å². The molecule has 2 atom stereocenters. The van der Waals surface area contributed by atoms with Crippen molar-refractivity contribution < 1.29 is 4.74 Å². The van der Waals surface area contributed by atoms with E-state index in [1.54, 1.807) is 0 Å². The van der Waals surface area contributed by atoms with E-state index in [0.29, 0.717) is 12.1 Å². The first-order valence-electron chi connectivity index (χ1n) is 4.77. The van der Waals surface area contributed by atoms with Gasteiger partial charge in [0, 0.05) is 11.5 Å². The maximum absolute atomic E-state index is 5.61. The number of rotatable bonds is 1. The van der Waals surface area contributed by atoms with E-state index >= 15 is 0 Å². The summed E-state index contributed by atoms with van der Waals surface area (Å²) in [4.78, 5) is 0. The highest BCUT2D eigenvalue weighted by molar-refractivity contribution is 5.07. The van der Waals surface area contributed by atoms with Gasteiger partial charge in [0.15, 0.2) is 0 Å². The van der Waals surface area contributed by atoms with Crippen molar-refractivity contribution in [1.82, 2.24) is 5.32 Å². The quantitative estimate of drug-likeness (QED) is 0.641. The van der Waals surface area contributed by atoms with Crippen LogP contribution >= 0.6 is 0 Å². The van der Waals surface area contributed by atoms with Gasteiger partial charge in [-0.2, -0.15) is 0 Å². The zero-order valence-electron chi connectivity index (χ0n) is 7.84. The summed E-state index contributed by atoms with van der Waals surface area (Å²) < 4.78 is 5.61. The second-order valence-corrected chi connectivity index (χ2v) is 4.38. The molecule has 0 saturated carbocycles. The molecule has 0 aromatic heterocycles. The van der Waals surface area contributed by atoms with Crippen LogP contribution in [-0.4, -0.2) is 18.7 Å². The summed E-state index contributed by atoms with van der Waals surface area (Å²) in [5, 5.41) is 3.49. The SMILES string of the molecule is CC1(C)C=COC1C1CCCN1. The van der Waals surface area contributed by atoms with Crippen LogP contribution in [0.2, 0.25) is 0 Å². The molecule has 2 aliphatic rings. The Bertz CT molecular complexity index is 192. The van der Waals surface area contributed by atoms with E-state index in [1.807, 2.05) is 6.26 Å². The lowest BCUT2D eigenvalue weighted by atomic mass is 9.83. The molecule has 0 radical (unpaired) electrons. The predicted molar refractivity (Wildman–Crippen MR) is 48.8 cm³/mol. The van der Waals surface area contributed by atoms with Gasteiger partial charge in [0.25, 0.3) is 0 Å². The van der Waals surface area contributed by atoms with Crippen molar-refractivity contribution in [2.75, 3.05) is 6.54 Å². The molecule has 0 bridgehead atoms. The number of hydrogen-bond acceptors (Lipinski definition) is 2. The van der Waals surface area contributed by atoms with Crippen LogP contribution < -0.4 is 5.32 Å². The molecule has 2 nitrogen and oxygen atoms in total. The molecular formula is C10H17NO. The highest BCUT2D eigenvalue weighted by Crippen LogP contribution is 2.34. The van der Waals surface area contributed by atoms with Gasteiger partial charge >= 0.3 is 0 Å². The third-order valence-corrected chi connectivity index (χ3v) is 2.92. The lowest BCUT2D eigenvalue weighted by molar-refractivity contribution is 0.0646. The molecule has 2 rings (SSSR count). The normalized spacial score (nSPS) is 38.5. The van der Waals surface area contributed by atoms with Crippen LogP contribution in [-0.2, 0) is 4.74 Å². The van der Waals surface area contributed by atoms with Crippen molar-refractivity contribution in [1.29, 1.82) is 0 Å². The average molecular weight is 167 g/mol. The van der Waals surface area contributed by atoms with Gasteiger partial charge in [-0.3, -0.25) is 0 Å². The summed E-state index contributed by atoms with van der Waals surface area (Å²) in [6.07, 6.45) is 6.92. The van der Waals surface area contributed by atoms with E-state index in [1.165, 1.54) is 12.8 Å². The zero-order chi connectivity index (χ0) is 8.60. The minimum absolute atomic E-state index is 0.210. The number of nitrogens with one attached hydrogen (secondary N) is 1. The van der Waals surface area contributed by atoms with Crippen LogP contribution in [0.25, 0.3) is 0 Å². The molecule has 2 aliphatic heterocycles. The van der Waals surface area contributed by atoms with Crippen molar-refractivity contribution in [3.63, 3.8) is 0 Å². The lowest BCUT2D eigenvalue weighted by Crippen LogP contribution is -2.42. The summed E-state index contributed by atoms with van der Waals surface area (Å²) in [5.74, 6) is 0. The van der Waals surface area contributed by atoms with Crippen molar-refractivity contribution >= 4 is 0 Å². The fourth-order valence-corrected chi connectivity index (χ4v) is 2.15. The third-order valence-electron chi connectivity index (χ3n) is 2.92. The molecule has 68 valence electrons. The van der Waals surface area contributed by atoms with E-state index in [0.717, 1.165) is 6.54 Å². The summed E-state index contributed by atoms with van der Waals surface area (Å²) in [6.45, 7) is 5.63. The highest BCUT2D eigenvalue weighted by Gasteiger charge is 2.39. The topological polar surface area (TPSA) is 21.3 Å². The fourth-order valence-electron chi connectivity index (χ4n) is 2.15. The lowest BCUT2D eigenvalue weighted by Gasteiger charge is -2.29.